The molecule has 2 aromatic rings. The zero-order chi connectivity index (χ0) is 17.6. The largest absolute Gasteiger partial charge is 0.466 e. The number of benzene rings is 1. The van der Waals surface area contributed by atoms with Gasteiger partial charge in [-0.25, -0.2) is 13.8 Å². The van der Waals surface area contributed by atoms with Crippen LogP contribution in [0.2, 0.25) is 0 Å². The van der Waals surface area contributed by atoms with Crippen molar-refractivity contribution in [1.29, 1.82) is 0 Å². The molecule has 1 aromatic carbocycles. The van der Waals surface area contributed by atoms with Crippen LogP contribution >= 0.6 is 0 Å². The van der Waals surface area contributed by atoms with Crippen molar-refractivity contribution in [3.05, 3.63) is 59.6 Å². The summed E-state index contributed by atoms with van der Waals surface area (Å²) in [7, 11) is 0. The second-order valence-corrected chi connectivity index (χ2v) is 5.54. The molecule has 0 saturated heterocycles. The SMILES string of the molecule is CCNC(=NCc1cc(F)ccc1F)NCC(C)(O)c1ccco1. The van der Waals surface area contributed by atoms with Crippen LogP contribution in [0.15, 0.2) is 46.0 Å². The maximum Gasteiger partial charge on any atom is 0.191 e. The van der Waals surface area contributed by atoms with E-state index in [1.807, 2.05) is 6.92 Å². The molecule has 0 aliphatic heterocycles. The molecule has 0 bridgehead atoms. The molecule has 130 valence electrons. The van der Waals surface area contributed by atoms with Crippen molar-refractivity contribution < 1.29 is 18.3 Å². The number of nitrogens with zero attached hydrogens (tertiary/aromatic N) is 1. The van der Waals surface area contributed by atoms with Gasteiger partial charge in [0, 0.05) is 12.1 Å². The quantitative estimate of drug-likeness (QED) is 0.560. The highest BCUT2D eigenvalue weighted by Gasteiger charge is 2.26. The van der Waals surface area contributed by atoms with Crippen molar-refractivity contribution in [1.82, 2.24) is 10.6 Å². The molecule has 1 heterocycles. The first kappa shape index (κ1) is 17.9. The van der Waals surface area contributed by atoms with Crippen LogP contribution in [0.25, 0.3) is 0 Å². The lowest BCUT2D eigenvalue weighted by atomic mass is 10.0. The predicted molar refractivity (Wildman–Crippen MR) is 87.5 cm³/mol. The van der Waals surface area contributed by atoms with E-state index in [0.717, 1.165) is 18.2 Å². The number of guanidine groups is 1. The van der Waals surface area contributed by atoms with Crippen LogP contribution in [0.3, 0.4) is 0 Å². The molecule has 24 heavy (non-hydrogen) atoms. The highest BCUT2D eigenvalue weighted by Crippen LogP contribution is 2.19. The molecular formula is C17H21F2N3O2. The fourth-order valence-electron chi connectivity index (χ4n) is 2.10. The number of nitrogens with one attached hydrogen (secondary N) is 2. The lowest BCUT2D eigenvalue weighted by Gasteiger charge is -2.22. The number of aliphatic imine (C=N–C) groups is 1. The van der Waals surface area contributed by atoms with E-state index in [9.17, 15) is 13.9 Å². The zero-order valence-electron chi connectivity index (χ0n) is 13.6. The van der Waals surface area contributed by atoms with E-state index in [1.165, 1.54) is 6.26 Å². The summed E-state index contributed by atoms with van der Waals surface area (Å²) >= 11 is 0. The van der Waals surface area contributed by atoms with Crippen LogP contribution in [-0.2, 0) is 12.1 Å². The number of hydrogen-bond acceptors (Lipinski definition) is 3. The fourth-order valence-corrected chi connectivity index (χ4v) is 2.10. The van der Waals surface area contributed by atoms with Gasteiger partial charge < -0.3 is 20.2 Å². The van der Waals surface area contributed by atoms with Gasteiger partial charge in [0.15, 0.2) is 5.96 Å². The first-order valence-electron chi connectivity index (χ1n) is 7.65. The zero-order valence-corrected chi connectivity index (χ0v) is 13.6. The van der Waals surface area contributed by atoms with Crippen LogP contribution in [0.5, 0.6) is 0 Å². The van der Waals surface area contributed by atoms with Gasteiger partial charge in [0.2, 0.25) is 0 Å². The van der Waals surface area contributed by atoms with E-state index in [4.69, 9.17) is 4.42 Å². The summed E-state index contributed by atoms with van der Waals surface area (Å²) in [5.74, 6) is -0.228. The van der Waals surface area contributed by atoms with Crippen LogP contribution in [-0.4, -0.2) is 24.2 Å². The van der Waals surface area contributed by atoms with Crippen LogP contribution in [0, 0.1) is 11.6 Å². The molecule has 1 unspecified atom stereocenters. The van der Waals surface area contributed by atoms with Gasteiger partial charge in [-0.15, -0.1) is 0 Å². The molecule has 2 rings (SSSR count). The molecule has 1 atom stereocenters. The van der Waals surface area contributed by atoms with Crippen molar-refractivity contribution in [2.45, 2.75) is 26.0 Å². The standard InChI is InChI=1S/C17H21F2N3O2/c1-3-20-16(21-10-12-9-13(18)6-7-14(12)19)22-11-17(2,23)15-5-4-8-24-15/h4-9,23H,3,10-11H2,1-2H3,(H2,20,21,22). The Labute approximate surface area is 139 Å². The first-order chi connectivity index (χ1) is 11.4. The Morgan fingerprint density at radius 2 is 2.08 bits per heavy atom. The highest BCUT2D eigenvalue weighted by molar-refractivity contribution is 5.79. The Bertz CT molecular complexity index is 685. The van der Waals surface area contributed by atoms with Gasteiger partial charge in [-0.3, -0.25) is 0 Å². The number of aliphatic hydroxyl groups is 1. The summed E-state index contributed by atoms with van der Waals surface area (Å²) in [6.45, 7) is 4.18. The van der Waals surface area contributed by atoms with Crippen molar-refractivity contribution in [2.24, 2.45) is 4.99 Å². The molecule has 3 N–H and O–H groups in total. The van der Waals surface area contributed by atoms with Crippen LogP contribution in [0.4, 0.5) is 8.78 Å². The number of hydrogen-bond donors (Lipinski definition) is 3. The second kappa shape index (κ2) is 7.92. The van der Waals surface area contributed by atoms with Gasteiger partial charge in [0.25, 0.3) is 0 Å². The molecule has 1 aromatic heterocycles. The number of halogens is 2. The average Bonchev–Trinajstić information content (AvgIpc) is 3.08. The van der Waals surface area contributed by atoms with Crippen molar-refractivity contribution in [3.63, 3.8) is 0 Å². The highest BCUT2D eigenvalue weighted by atomic mass is 19.1. The van der Waals surface area contributed by atoms with E-state index in [1.54, 1.807) is 19.1 Å². The third-order valence-corrected chi connectivity index (χ3v) is 3.41. The van der Waals surface area contributed by atoms with Crippen molar-refractivity contribution >= 4 is 5.96 Å². The summed E-state index contributed by atoms with van der Waals surface area (Å²) in [6.07, 6.45) is 1.48. The van der Waals surface area contributed by atoms with Crippen LogP contribution in [0.1, 0.15) is 25.2 Å². The second-order valence-electron chi connectivity index (χ2n) is 5.54. The van der Waals surface area contributed by atoms with Gasteiger partial charge in [0.1, 0.15) is 23.0 Å². The minimum Gasteiger partial charge on any atom is -0.466 e. The average molecular weight is 337 g/mol. The monoisotopic (exact) mass is 337 g/mol. The molecule has 0 amide bonds. The molecule has 5 nitrogen and oxygen atoms in total. The minimum absolute atomic E-state index is 0.0260. The van der Waals surface area contributed by atoms with E-state index in [0.29, 0.717) is 18.3 Å². The molecular weight excluding hydrogens is 316 g/mol. The molecule has 0 radical (unpaired) electrons. The van der Waals surface area contributed by atoms with Crippen LogP contribution < -0.4 is 10.6 Å². The van der Waals surface area contributed by atoms with Gasteiger partial charge in [-0.05, 0) is 44.2 Å². The van der Waals surface area contributed by atoms with E-state index >= 15 is 0 Å². The summed E-state index contributed by atoms with van der Waals surface area (Å²) in [5.41, 5.74) is -1.07. The lowest BCUT2D eigenvalue weighted by Crippen LogP contribution is -2.44. The first-order valence-corrected chi connectivity index (χ1v) is 7.65. The van der Waals surface area contributed by atoms with Gasteiger partial charge in [0.05, 0.1) is 19.4 Å². The smallest absolute Gasteiger partial charge is 0.191 e. The van der Waals surface area contributed by atoms with E-state index < -0.39 is 17.2 Å². The maximum absolute atomic E-state index is 13.6. The normalized spacial score (nSPS) is 14.3. The Morgan fingerprint density at radius 1 is 1.29 bits per heavy atom. The van der Waals surface area contributed by atoms with Crippen molar-refractivity contribution in [2.75, 3.05) is 13.1 Å². The summed E-state index contributed by atoms with van der Waals surface area (Å²) in [6, 6.07) is 6.61. The third-order valence-electron chi connectivity index (χ3n) is 3.41. The van der Waals surface area contributed by atoms with Crippen molar-refractivity contribution in [3.8, 4) is 0 Å². The van der Waals surface area contributed by atoms with Gasteiger partial charge in [-0.2, -0.15) is 0 Å². The molecule has 0 aliphatic rings. The van der Waals surface area contributed by atoms with E-state index in [-0.39, 0.29) is 18.7 Å². The maximum atomic E-state index is 13.6. The Balaban J connectivity index is 2.04. The van der Waals surface area contributed by atoms with Gasteiger partial charge >= 0.3 is 0 Å². The molecule has 0 fully saturated rings. The lowest BCUT2D eigenvalue weighted by molar-refractivity contribution is 0.0386. The molecule has 0 saturated carbocycles. The molecule has 0 spiro atoms. The summed E-state index contributed by atoms with van der Waals surface area (Å²) < 4.78 is 32.0. The predicted octanol–water partition coefficient (Wildman–Crippen LogP) is 2.52. The number of rotatable bonds is 6. The Hall–Kier alpha value is -2.41. The fraction of sp³-hybridized carbons (Fsp3) is 0.353. The van der Waals surface area contributed by atoms with E-state index in [2.05, 4.69) is 15.6 Å². The summed E-state index contributed by atoms with van der Waals surface area (Å²) in [5, 5.41) is 16.4. The molecule has 0 aliphatic carbocycles. The summed E-state index contributed by atoms with van der Waals surface area (Å²) in [4.78, 5) is 4.22. The Morgan fingerprint density at radius 3 is 2.75 bits per heavy atom. The topological polar surface area (TPSA) is 69.8 Å². The molecule has 7 heteroatoms. The minimum atomic E-state index is -1.23. The third kappa shape index (κ3) is 4.79. The van der Waals surface area contributed by atoms with Gasteiger partial charge in [-0.1, -0.05) is 0 Å². The Kier molecular flexibility index (Phi) is 5.92. The number of furan rings is 1.